The van der Waals surface area contributed by atoms with Gasteiger partial charge in [-0.3, -0.25) is 4.79 Å². The Morgan fingerprint density at radius 3 is 2.89 bits per heavy atom. The Bertz CT molecular complexity index is 321. The maximum absolute atomic E-state index is 11.7. The third-order valence-corrected chi connectivity index (χ3v) is 3.62. The molecule has 100 valence electrons. The molecule has 0 aromatic carbocycles. The molecule has 2 heterocycles. The summed E-state index contributed by atoms with van der Waals surface area (Å²) in [7, 11) is 2.15. The lowest BCUT2D eigenvalue weighted by Gasteiger charge is -2.28. The van der Waals surface area contributed by atoms with E-state index in [0.29, 0.717) is 18.9 Å². The Morgan fingerprint density at radius 2 is 2.22 bits per heavy atom. The van der Waals surface area contributed by atoms with E-state index >= 15 is 0 Å². The molecule has 0 bridgehead atoms. The van der Waals surface area contributed by atoms with E-state index in [9.17, 15) is 4.79 Å². The Morgan fingerprint density at radius 1 is 1.44 bits per heavy atom. The van der Waals surface area contributed by atoms with Crippen LogP contribution in [0.25, 0.3) is 0 Å². The van der Waals surface area contributed by atoms with Gasteiger partial charge in [0.05, 0.1) is 6.21 Å². The summed E-state index contributed by atoms with van der Waals surface area (Å²) in [5.41, 5.74) is 0. The third-order valence-electron chi connectivity index (χ3n) is 3.62. The molecule has 1 saturated heterocycles. The monoisotopic (exact) mass is 251 g/mol. The molecule has 2 aliphatic rings. The van der Waals surface area contributed by atoms with Gasteiger partial charge in [0.1, 0.15) is 6.04 Å². The van der Waals surface area contributed by atoms with Crippen LogP contribution in [0, 0.1) is 5.92 Å². The molecule has 18 heavy (non-hydrogen) atoms. The minimum absolute atomic E-state index is 0.0720. The first-order valence-corrected chi connectivity index (χ1v) is 6.62. The molecular formula is C12H21N5O. The fourth-order valence-electron chi connectivity index (χ4n) is 2.32. The number of rotatable bonds is 5. The molecule has 0 aliphatic carbocycles. The van der Waals surface area contributed by atoms with E-state index in [2.05, 4.69) is 32.7 Å². The average Bonchev–Trinajstić information content (AvgIpc) is 2.89. The van der Waals surface area contributed by atoms with Gasteiger partial charge >= 0.3 is 0 Å². The molecule has 0 aromatic rings. The maximum atomic E-state index is 11.7. The van der Waals surface area contributed by atoms with Gasteiger partial charge in [0, 0.05) is 13.0 Å². The van der Waals surface area contributed by atoms with Crippen molar-refractivity contribution in [2.75, 3.05) is 26.7 Å². The normalized spacial score (nSPS) is 24.6. The van der Waals surface area contributed by atoms with Crippen molar-refractivity contribution in [3.05, 3.63) is 0 Å². The van der Waals surface area contributed by atoms with E-state index in [4.69, 9.17) is 0 Å². The molecule has 2 aliphatic heterocycles. The summed E-state index contributed by atoms with van der Waals surface area (Å²) in [6.07, 6.45) is 5.70. The summed E-state index contributed by atoms with van der Waals surface area (Å²) < 4.78 is 0. The van der Waals surface area contributed by atoms with Crippen LogP contribution in [0.2, 0.25) is 0 Å². The van der Waals surface area contributed by atoms with Gasteiger partial charge < -0.3 is 10.2 Å². The minimum Gasteiger partial charge on any atom is -0.353 e. The van der Waals surface area contributed by atoms with Gasteiger partial charge in [-0.25, -0.2) is 0 Å². The van der Waals surface area contributed by atoms with Gasteiger partial charge in [-0.05, 0) is 50.5 Å². The average molecular weight is 251 g/mol. The zero-order chi connectivity index (χ0) is 12.8. The fourth-order valence-corrected chi connectivity index (χ4v) is 2.32. The number of carbonyl (C=O) groups excluding carboxylic acids is 1. The predicted molar refractivity (Wildman–Crippen MR) is 69.6 cm³/mol. The van der Waals surface area contributed by atoms with Crippen LogP contribution in [0.5, 0.6) is 0 Å². The Balaban J connectivity index is 1.57. The van der Waals surface area contributed by atoms with Crippen LogP contribution in [0.15, 0.2) is 15.4 Å². The predicted octanol–water partition coefficient (Wildman–Crippen LogP) is 1.04. The highest BCUT2D eigenvalue weighted by Gasteiger charge is 2.17. The highest BCUT2D eigenvalue weighted by Crippen LogP contribution is 2.20. The smallest absolute Gasteiger partial charge is 0.220 e. The third kappa shape index (κ3) is 4.18. The summed E-state index contributed by atoms with van der Waals surface area (Å²) in [5, 5.41) is 13.9. The van der Waals surface area contributed by atoms with E-state index in [1.165, 1.54) is 12.8 Å². The lowest BCUT2D eigenvalue weighted by Crippen LogP contribution is -2.33. The summed E-state index contributed by atoms with van der Waals surface area (Å²) >= 11 is 0. The first-order chi connectivity index (χ1) is 8.74. The van der Waals surface area contributed by atoms with Gasteiger partial charge in [-0.2, -0.15) is 5.11 Å². The molecule has 1 N–H and O–H groups in total. The van der Waals surface area contributed by atoms with Crippen molar-refractivity contribution in [3.8, 4) is 0 Å². The second kappa shape index (κ2) is 6.58. The number of nitrogens with zero attached hydrogens (tertiary/aromatic N) is 4. The van der Waals surface area contributed by atoms with E-state index in [1.54, 1.807) is 6.21 Å². The lowest BCUT2D eigenvalue weighted by molar-refractivity contribution is -0.121. The molecule has 0 aromatic heterocycles. The zero-order valence-corrected chi connectivity index (χ0v) is 10.9. The van der Waals surface area contributed by atoms with Crippen LogP contribution in [0.1, 0.15) is 25.7 Å². The first kappa shape index (κ1) is 13.1. The number of likely N-dealkylation sites (tertiary alicyclic amines) is 1. The molecule has 1 fully saturated rings. The number of hydrogen-bond acceptors (Lipinski definition) is 5. The quantitative estimate of drug-likeness (QED) is 0.793. The van der Waals surface area contributed by atoms with Gasteiger partial charge in [0.25, 0.3) is 0 Å². The molecule has 1 atom stereocenters. The molecule has 0 spiro atoms. The van der Waals surface area contributed by atoms with Crippen LogP contribution in [0.4, 0.5) is 0 Å². The van der Waals surface area contributed by atoms with E-state index < -0.39 is 0 Å². The Hall–Kier alpha value is -1.30. The molecule has 6 heteroatoms. The van der Waals surface area contributed by atoms with Crippen molar-refractivity contribution in [1.82, 2.24) is 10.2 Å². The molecule has 2 rings (SSSR count). The van der Waals surface area contributed by atoms with Crippen molar-refractivity contribution in [2.45, 2.75) is 31.7 Å². The highest BCUT2D eigenvalue weighted by molar-refractivity contribution is 5.77. The summed E-state index contributed by atoms with van der Waals surface area (Å²) in [5.74, 6) is 0.823. The number of carbonyl (C=O) groups is 1. The molecule has 1 unspecified atom stereocenters. The number of hydrogen-bond donors (Lipinski definition) is 1. The van der Waals surface area contributed by atoms with E-state index in [0.717, 1.165) is 19.5 Å². The molecule has 0 radical (unpaired) electrons. The van der Waals surface area contributed by atoms with E-state index in [1.807, 2.05) is 0 Å². The number of piperidine rings is 1. The van der Waals surface area contributed by atoms with Crippen molar-refractivity contribution in [1.29, 1.82) is 0 Å². The van der Waals surface area contributed by atoms with Crippen LogP contribution in [0.3, 0.4) is 0 Å². The molecular weight excluding hydrogens is 230 g/mol. The standard InChI is InChI=1S/C12H21N5O/c1-17-6-4-10(5-7-17)2-3-12(18)13-8-11-9-14-16-15-11/h9-11H,2-8H2,1H3,(H,13,18). The maximum Gasteiger partial charge on any atom is 0.220 e. The summed E-state index contributed by atoms with van der Waals surface area (Å²) in [4.78, 5) is 14.0. The highest BCUT2D eigenvalue weighted by atomic mass is 16.1. The van der Waals surface area contributed by atoms with Crippen LogP contribution in [-0.2, 0) is 4.79 Å². The Kier molecular flexibility index (Phi) is 4.81. The van der Waals surface area contributed by atoms with Crippen molar-refractivity contribution >= 4 is 12.1 Å². The second-order valence-electron chi connectivity index (χ2n) is 5.13. The number of nitrogens with one attached hydrogen (secondary N) is 1. The van der Waals surface area contributed by atoms with Crippen molar-refractivity contribution < 1.29 is 4.79 Å². The SMILES string of the molecule is CN1CCC(CCC(=O)NCC2C=NN=N2)CC1. The largest absolute Gasteiger partial charge is 0.353 e. The first-order valence-electron chi connectivity index (χ1n) is 6.62. The van der Waals surface area contributed by atoms with Crippen LogP contribution >= 0.6 is 0 Å². The van der Waals surface area contributed by atoms with Crippen LogP contribution in [-0.4, -0.2) is 49.7 Å². The second-order valence-corrected chi connectivity index (χ2v) is 5.13. The topological polar surface area (TPSA) is 69.4 Å². The molecule has 6 nitrogen and oxygen atoms in total. The van der Waals surface area contributed by atoms with Gasteiger partial charge in [0.15, 0.2) is 0 Å². The minimum atomic E-state index is -0.0720. The molecule has 0 saturated carbocycles. The van der Waals surface area contributed by atoms with Crippen molar-refractivity contribution in [3.63, 3.8) is 0 Å². The van der Waals surface area contributed by atoms with E-state index in [-0.39, 0.29) is 11.9 Å². The fraction of sp³-hybridized carbons (Fsp3) is 0.833. The van der Waals surface area contributed by atoms with Crippen LogP contribution < -0.4 is 5.32 Å². The van der Waals surface area contributed by atoms with Gasteiger partial charge in [0.2, 0.25) is 5.91 Å². The summed E-state index contributed by atoms with van der Waals surface area (Å²) in [6, 6.07) is -0.0720. The van der Waals surface area contributed by atoms with Gasteiger partial charge in [-0.1, -0.05) is 0 Å². The zero-order valence-electron chi connectivity index (χ0n) is 10.9. The lowest BCUT2D eigenvalue weighted by atomic mass is 9.92. The van der Waals surface area contributed by atoms with Gasteiger partial charge in [-0.15, -0.1) is 5.10 Å². The van der Waals surface area contributed by atoms with Crippen molar-refractivity contribution in [2.24, 2.45) is 21.4 Å². The summed E-state index contributed by atoms with van der Waals surface area (Å²) in [6.45, 7) is 2.83. The molecule has 1 amide bonds. The Labute approximate surface area is 108 Å². The number of amides is 1.